The molecule has 24 heavy (non-hydrogen) atoms. The van der Waals surface area contributed by atoms with Gasteiger partial charge in [0, 0.05) is 17.1 Å². The standard InChI is InChI=1S/C16H19BrN2O3S.ClH/c1-11-8-15(22-2)16(9-13(11)17)23(20,21)19-10-14(18)12-6-4-3-5-7-12;/h3-9,14,19H,10,18H2,1-2H3;1H. The van der Waals surface area contributed by atoms with Gasteiger partial charge in [-0.3, -0.25) is 0 Å². The molecule has 2 aromatic rings. The van der Waals surface area contributed by atoms with Crippen molar-refractivity contribution in [3.63, 3.8) is 0 Å². The number of halogens is 2. The Balaban J connectivity index is 0.00000288. The maximum absolute atomic E-state index is 12.5. The highest BCUT2D eigenvalue weighted by Gasteiger charge is 2.21. The van der Waals surface area contributed by atoms with Gasteiger partial charge in [0.15, 0.2) is 0 Å². The third-order valence-corrected chi connectivity index (χ3v) is 5.75. The molecule has 0 amide bonds. The molecule has 1 unspecified atom stereocenters. The molecule has 0 spiro atoms. The van der Waals surface area contributed by atoms with Crippen molar-refractivity contribution < 1.29 is 13.2 Å². The Bertz CT molecular complexity index is 785. The first kappa shape index (κ1) is 20.9. The summed E-state index contributed by atoms with van der Waals surface area (Å²) in [6, 6.07) is 12.1. The number of benzene rings is 2. The van der Waals surface area contributed by atoms with Crippen LogP contribution >= 0.6 is 28.3 Å². The maximum Gasteiger partial charge on any atom is 0.244 e. The summed E-state index contributed by atoms with van der Waals surface area (Å²) in [4.78, 5) is 0.0812. The van der Waals surface area contributed by atoms with Gasteiger partial charge in [0.1, 0.15) is 10.6 Å². The van der Waals surface area contributed by atoms with Gasteiger partial charge >= 0.3 is 0 Å². The van der Waals surface area contributed by atoms with Crippen molar-refractivity contribution in [3.8, 4) is 5.75 Å². The highest BCUT2D eigenvalue weighted by Crippen LogP contribution is 2.30. The Hall–Kier alpha value is -1.12. The first-order valence-electron chi connectivity index (χ1n) is 6.99. The highest BCUT2D eigenvalue weighted by molar-refractivity contribution is 9.10. The first-order valence-corrected chi connectivity index (χ1v) is 9.27. The van der Waals surface area contributed by atoms with Gasteiger partial charge in [0.2, 0.25) is 10.0 Å². The predicted octanol–water partition coefficient (Wildman–Crippen LogP) is 3.17. The number of sulfonamides is 1. The number of aryl methyl sites for hydroxylation is 1. The number of hydrogen-bond donors (Lipinski definition) is 2. The van der Waals surface area contributed by atoms with Crippen LogP contribution in [0.3, 0.4) is 0 Å². The zero-order valence-electron chi connectivity index (χ0n) is 13.3. The van der Waals surface area contributed by atoms with Gasteiger partial charge in [0.25, 0.3) is 0 Å². The summed E-state index contributed by atoms with van der Waals surface area (Å²) in [7, 11) is -2.29. The molecule has 0 aliphatic carbocycles. The van der Waals surface area contributed by atoms with Crippen LogP contribution in [0.15, 0.2) is 51.8 Å². The SMILES string of the molecule is COc1cc(C)c(Br)cc1S(=O)(=O)NCC(N)c1ccccc1.Cl. The lowest BCUT2D eigenvalue weighted by atomic mass is 10.1. The second-order valence-corrected chi connectivity index (χ2v) is 7.71. The average molecular weight is 436 g/mol. The van der Waals surface area contributed by atoms with Crippen molar-refractivity contribution in [2.24, 2.45) is 5.73 Å². The summed E-state index contributed by atoms with van der Waals surface area (Å²) in [6.45, 7) is 1.96. The second-order valence-electron chi connectivity index (χ2n) is 5.12. The molecule has 132 valence electrons. The minimum absolute atomic E-state index is 0. The van der Waals surface area contributed by atoms with E-state index in [0.717, 1.165) is 11.1 Å². The van der Waals surface area contributed by atoms with Crippen molar-refractivity contribution in [1.29, 1.82) is 0 Å². The topological polar surface area (TPSA) is 81.4 Å². The van der Waals surface area contributed by atoms with Gasteiger partial charge in [-0.2, -0.15) is 0 Å². The molecule has 2 rings (SSSR count). The van der Waals surface area contributed by atoms with E-state index in [0.29, 0.717) is 10.2 Å². The van der Waals surface area contributed by atoms with Gasteiger partial charge in [0.05, 0.1) is 7.11 Å². The van der Waals surface area contributed by atoms with Crippen LogP contribution in [-0.2, 0) is 10.0 Å². The molecular formula is C16H20BrClN2O3S. The van der Waals surface area contributed by atoms with Gasteiger partial charge in [-0.1, -0.05) is 46.3 Å². The molecule has 0 fully saturated rings. The van der Waals surface area contributed by atoms with Crippen LogP contribution in [0.2, 0.25) is 0 Å². The van der Waals surface area contributed by atoms with E-state index >= 15 is 0 Å². The predicted molar refractivity (Wildman–Crippen MR) is 101 cm³/mol. The largest absolute Gasteiger partial charge is 0.495 e. The van der Waals surface area contributed by atoms with Crippen LogP contribution in [0.25, 0.3) is 0 Å². The zero-order valence-corrected chi connectivity index (χ0v) is 16.5. The fourth-order valence-corrected chi connectivity index (χ4v) is 3.83. The molecule has 8 heteroatoms. The van der Waals surface area contributed by atoms with Crippen LogP contribution in [-0.4, -0.2) is 22.1 Å². The molecular weight excluding hydrogens is 416 g/mol. The van der Waals surface area contributed by atoms with Crippen molar-refractivity contribution in [2.75, 3.05) is 13.7 Å². The fourth-order valence-electron chi connectivity index (χ4n) is 2.10. The Kier molecular flexibility index (Phi) is 7.69. The van der Waals surface area contributed by atoms with Crippen molar-refractivity contribution in [3.05, 3.63) is 58.1 Å². The molecule has 0 heterocycles. The summed E-state index contributed by atoms with van der Waals surface area (Å²) in [5.74, 6) is 0.298. The van der Waals surface area contributed by atoms with E-state index in [1.54, 1.807) is 6.07 Å². The number of ether oxygens (including phenoxy) is 1. The summed E-state index contributed by atoms with van der Waals surface area (Å²) in [5.41, 5.74) is 7.80. The Morgan fingerprint density at radius 2 is 1.88 bits per heavy atom. The highest BCUT2D eigenvalue weighted by atomic mass is 79.9. The fraction of sp³-hybridized carbons (Fsp3) is 0.250. The monoisotopic (exact) mass is 434 g/mol. The van der Waals surface area contributed by atoms with E-state index in [2.05, 4.69) is 20.7 Å². The first-order chi connectivity index (χ1) is 10.8. The lowest BCUT2D eigenvalue weighted by Gasteiger charge is -2.15. The summed E-state index contributed by atoms with van der Waals surface area (Å²) in [6.07, 6.45) is 0. The van der Waals surface area contributed by atoms with E-state index in [4.69, 9.17) is 10.5 Å². The Labute approximate surface area is 157 Å². The lowest BCUT2D eigenvalue weighted by Crippen LogP contribution is -2.32. The van der Waals surface area contributed by atoms with Crippen LogP contribution in [0.1, 0.15) is 17.2 Å². The number of nitrogens with one attached hydrogen (secondary N) is 1. The number of rotatable bonds is 6. The van der Waals surface area contributed by atoms with E-state index in [-0.39, 0.29) is 23.8 Å². The molecule has 0 aliphatic heterocycles. The number of methoxy groups -OCH3 is 1. The minimum Gasteiger partial charge on any atom is -0.495 e. The molecule has 0 aliphatic rings. The van der Waals surface area contributed by atoms with E-state index in [1.165, 1.54) is 13.2 Å². The molecule has 3 N–H and O–H groups in total. The van der Waals surface area contributed by atoms with Gasteiger partial charge in [-0.05, 0) is 30.2 Å². The van der Waals surface area contributed by atoms with Gasteiger partial charge in [-0.15, -0.1) is 12.4 Å². The van der Waals surface area contributed by atoms with E-state index in [1.807, 2.05) is 37.3 Å². The minimum atomic E-state index is -3.73. The maximum atomic E-state index is 12.5. The average Bonchev–Trinajstić information content (AvgIpc) is 2.55. The molecule has 0 bridgehead atoms. The van der Waals surface area contributed by atoms with Crippen LogP contribution in [0, 0.1) is 6.92 Å². The van der Waals surface area contributed by atoms with Crippen LogP contribution < -0.4 is 15.2 Å². The van der Waals surface area contributed by atoms with E-state index in [9.17, 15) is 8.42 Å². The van der Waals surface area contributed by atoms with Gasteiger partial charge in [-0.25, -0.2) is 13.1 Å². The number of hydrogen-bond acceptors (Lipinski definition) is 4. The third kappa shape index (κ3) is 4.94. The smallest absolute Gasteiger partial charge is 0.244 e. The summed E-state index contributed by atoms with van der Waals surface area (Å²) >= 11 is 3.35. The summed E-state index contributed by atoms with van der Waals surface area (Å²) < 4.78 is 33.5. The Morgan fingerprint density at radius 1 is 1.25 bits per heavy atom. The van der Waals surface area contributed by atoms with Gasteiger partial charge < -0.3 is 10.5 Å². The van der Waals surface area contributed by atoms with Crippen molar-refractivity contribution >= 4 is 38.4 Å². The molecule has 5 nitrogen and oxygen atoms in total. The van der Waals surface area contributed by atoms with Crippen LogP contribution in [0.4, 0.5) is 0 Å². The Morgan fingerprint density at radius 3 is 2.46 bits per heavy atom. The second kappa shape index (κ2) is 8.82. The molecule has 0 radical (unpaired) electrons. The number of nitrogens with two attached hydrogens (primary N) is 1. The molecule has 0 saturated carbocycles. The molecule has 2 aromatic carbocycles. The van der Waals surface area contributed by atoms with Crippen molar-refractivity contribution in [2.45, 2.75) is 17.9 Å². The lowest BCUT2D eigenvalue weighted by molar-refractivity contribution is 0.401. The normalized spacial score (nSPS) is 12.3. The van der Waals surface area contributed by atoms with Crippen molar-refractivity contribution in [1.82, 2.24) is 4.72 Å². The molecule has 1 atom stereocenters. The zero-order chi connectivity index (χ0) is 17.0. The van der Waals surface area contributed by atoms with E-state index < -0.39 is 16.1 Å². The summed E-state index contributed by atoms with van der Waals surface area (Å²) in [5, 5.41) is 0. The quantitative estimate of drug-likeness (QED) is 0.730. The molecule has 0 aromatic heterocycles. The molecule has 0 saturated heterocycles. The third-order valence-electron chi connectivity index (χ3n) is 3.46. The van der Waals surface area contributed by atoms with Crippen LogP contribution in [0.5, 0.6) is 5.75 Å².